The molecule has 0 aromatic heterocycles. The summed E-state index contributed by atoms with van der Waals surface area (Å²) < 4.78 is 141. The van der Waals surface area contributed by atoms with Gasteiger partial charge in [0.15, 0.2) is 5.78 Å². The highest BCUT2D eigenvalue weighted by Crippen LogP contribution is 2.43. The third-order valence-electron chi connectivity index (χ3n) is 8.00. The third-order valence-corrected chi connectivity index (χ3v) is 8.00. The summed E-state index contributed by atoms with van der Waals surface area (Å²) in [5, 5.41) is 0. The lowest BCUT2D eigenvalue weighted by Crippen LogP contribution is -2.35. The second kappa shape index (κ2) is 15.9. The molecule has 5 nitrogen and oxygen atoms in total. The van der Waals surface area contributed by atoms with Crippen molar-refractivity contribution in [1.82, 2.24) is 0 Å². The molecule has 0 N–H and O–H groups in total. The van der Waals surface area contributed by atoms with Crippen LogP contribution in [-0.4, -0.2) is 38.0 Å². The van der Waals surface area contributed by atoms with Gasteiger partial charge in [0.25, 0.3) is 5.92 Å². The number of alkyl halides is 6. The normalized spacial score (nSPS) is 13.1. The summed E-state index contributed by atoms with van der Waals surface area (Å²) in [5.74, 6) is -8.91. The molecule has 4 aromatic carbocycles. The van der Waals surface area contributed by atoms with Crippen molar-refractivity contribution in [2.45, 2.75) is 56.5 Å². The second-order valence-corrected chi connectivity index (χ2v) is 11.8. The van der Waals surface area contributed by atoms with Gasteiger partial charge in [-0.2, -0.15) is 17.6 Å². The molecule has 0 bridgehead atoms. The number of hydrogen-bond acceptors (Lipinski definition) is 5. The molecule has 0 saturated heterocycles. The first-order valence-corrected chi connectivity index (χ1v) is 15.4. The Labute approximate surface area is 287 Å². The fraction of sp³-hybridized carbons (Fsp3) is 0.297. The van der Waals surface area contributed by atoms with Crippen LogP contribution in [-0.2, 0) is 27.3 Å². The summed E-state index contributed by atoms with van der Waals surface area (Å²) in [5.41, 5.74) is -3.03. The summed E-state index contributed by atoms with van der Waals surface area (Å²) >= 11 is 0. The van der Waals surface area contributed by atoms with Crippen molar-refractivity contribution in [1.29, 1.82) is 0 Å². The average molecular weight is 727 g/mol. The van der Waals surface area contributed by atoms with E-state index in [9.17, 15) is 44.7 Å². The molecule has 0 radical (unpaired) electrons. The van der Waals surface area contributed by atoms with Crippen LogP contribution >= 0.6 is 0 Å². The standard InChI is InChI=1S/C37H31F9O5/c1-35(43,44)30-16-23(7-14-31(30)40)32(47)21-36(24-8-10-26(38)11-9-24,25-17-27(39)19-29(18-25)51-37(45,46)34(41)42)20-22-5-12-28(13-6-22)50-15-3-4-33(48)49-2/h5-14,16-19,34H,3-4,15,20-21H2,1-2H3/t36-/m0/s1. The van der Waals surface area contributed by atoms with Gasteiger partial charge in [-0.05, 0) is 84.1 Å². The van der Waals surface area contributed by atoms with E-state index in [1.807, 2.05) is 0 Å². The van der Waals surface area contributed by atoms with Crippen LogP contribution in [0.4, 0.5) is 39.5 Å². The van der Waals surface area contributed by atoms with Crippen LogP contribution in [0.5, 0.6) is 11.5 Å². The van der Waals surface area contributed by atoms with Gasteiger partial charge in [-0.15, -0.1) is 0 Å². The molecule has 4 aromatic rings. The molecule has 0 aliphatic heterocycles. The van der Waals surface area contributed by atoms with Crippen molar-refractivity contribution in [2.24, 2.45) is 0 Å². The van der Waals surface area contributed by atoms with E-state index in [1.54, 1.807) is 12.1 Å². The Morgan fingerprint density at radius 2 is 1.43 bits per heavy atom. The van der Waals surface area contributed by atoms with Crippen molar-refractivity contribution in [3.8, 4) is 11.5 Å². The molecule has 0 aliphatic rings. The van der Waals surface area contributed by atoms with Crippen LogP contribution in [0.1, 0.15) is 58.8 Å². The maximum Gasteiger partial charge on any atom is 0.461 e. The predicted molar refractivity (Wildman–Crippen MR) is 167 cm³/mol. The number of esters is 1. The van der Waals surface area contributed by atoms with Crippen LogP contribution in [0.15, 0.2) is 84.9 Å². The van der Waals surface area contributed by atoms with E-state index in [0.29, 0.717) is 42.9 Å². The first-order valence-electron chi connectivity index (χ1n) is 15.4. The Morgan fingerprint density at radius 3 is 2.04 bits per heavy atom. The van der Waals surface area contributed by atoms with Crippen LogP contribution in [0, 0.1) is 17.5 Å². The van der Waals surface area contributed by atoms with Gasteiger partial charge in [0.1, 0.15) is 29.0 Å². The topological polar surface area (TPSA) is 61.8 Å². The smallest absolute Gasteiger partial charge is 0.461 e. The molecule has 0 aliphatic carbocycles. The Morgan fingerprint density at radius 1 is 0.765 bits per heavy atom. The van der Waals surface area contributed by atoms with Crippen molar-refractivity contribution in [3.05, 3.63) is 130 Å². The van der Waals surface area contributed by atoms with E-state index in [4.69, 9.17) is 4.74 Å². The van der Waals surface area contributed by atoms with Crippen molar-refractivity contribution in [2.75, 3.05) is 13.7 Å². The zero-order valence-corrected chi connectivity index (χ0v) is 27.1. The minimum atomic E-state index is -5.04. The molecular formula is C37H31F9O5. The average Bonchev–Trinajstić information content (AvgIpc) is 3.06. The molecule has 1 atom stereocenters. The number of ketones is 1. The van der Waals surface area contributed by atoms with Gasteiger partial charge in [0, 0.05) is 36.8 Å². The lowest BCUT2D eigenvalue weighted by Gasteiger charge is -2.36. The highest BCUT2D eigenvalue weighted by molar-refractivity contribution is 5.97. The molecule has 0 fully saturated rings. The number of hydrogen-bond donors (Lipinski definition) is 0. The molecule has 4 rings (SSSR count). The number of benzene rings is 4. The number of methoxy groups -OCH3 is 1. The number of Topliss-reactive ketones (excluding diaryl/α,β-unsaturated/α-hetero) is 1. The van der Waals surface area contributed by atoms with Gasteiger partial charge in [0.2, 0.25) is 0 Å². The molecule has 51 heavy (non-hydrogen) atoms. The summed E-state index contributed by atoms with van der Waals surface area (Å²) in [6, 6.07) is 15.0. The van der Waals surface area contributed by atoms with Crippen molar-refractivity contribution in [3.63, 3.8) is 0 Å². The fourth-order valence-corrected chi connectivity index (χ4v) is 5.48. The maximum atomic E-state index is 15.2. The van der Waals surface area contributed by atoms with E-state index >= 15 is 4.39 Å². The summed E-state index contributed by atoms with van der Waals surface area (Å²) in [6.07, 6.45) is -9.87. The Bertz CT molecular complexity index is 1820. The lowest BCUT2D eigenvalue weighted by atomic mass is 9.67. The summed E-state index contributed by atoms with van der Waals surface area (Å²) in [7, 11) is 1.25. The molecule has 272 valence electrons. The van der Waals surface area contributed by atoms with Gasteiger partial charge in [-0.1, -0.05) is 24.3 Å². The summed E-state index contributed by atoms with van der Waals surface area (Å²) in [4.78, 5) is 25.3. The molecular weight excluding hydrogens is 695 g/mol. The first kappa shape index (κ1) is 38.8. The van der Waals surface area contributed by atoms with Crippen LogP contribution in [0.3, 0.4) is 0 Å². The van der Waals surface area contributed by atoms with Crippen molar-refractivity contribution >= 4 is 11.8 Å². The lowest BCUT2D eigenvalue weighted by molar-refractivity contribution is -0.253. The third kappa shape index (κ3) is 9.83. The zero-order valence-electron chi connectivity index (χ0n) is 27.1. The quantitative estimate of drug-likeness (QED) is 0.0498. The van der Waals surface area contributed by atoms with Crippen LogP contribution in [0.2, 0.25) is 0 Å². The highest BCUT2D eigenvalue weighted by atomic mass is 19.3. The van der Waals surface area contributed by atoms with E-state index < -0.39 is 70.8 Å². The second-order valence-electron chi connectivity index (χ2n) is 11.8. The van der Waals surface area contributed by atoms with Gasteiger partial charge in [-0.25, -0.2) is 22.0 Å². The number of carbonyl (C=O) groups is 2. The van der Waals surface area contributed by atoms with Crippen LogP contribution in [0.25, 0.3) is 0 Å². The Kier molecular flexibility index (Phi) is 12.1. The van der Waals surface area contributed by atoms with Gasteiger partial charge >= 0.3 is 18.5 Å². The van der Waals surface area contributed by atoms with E-state index in [2.05, 4.69) is 9.47 Å². The molecule has 0 saturated carbocycles. The number of rotatable bonds is 16. The molecule has 0 unspecified atom stereocenters. The van der Waals surface area contributed by atoms with Gasteiger partial charge in [0.05, 0.1) is 19.3 Å². The Hall–Kier alpha value is -5.01. The van der Waals surface area contributed by atoms with E-state index in [1.165, 1.54) is 31.4 Å². The van der Waals surface area contributed by atoms with Gasteiger partial charge < -0.3 is 14.2 Å². The maximum absolute atomic E-state index is 15.2. The van der Waals surface area contributed by atoms with Crippen LogP contribution < -0.4 is 9.47 Å². The zero-order chi connectivity index (χ0) is 37.6. The highest BCUT2D eigenvalue weighted by Gasteiger charge is 2.45. The minimum Gasteiger partial charge on any atom is -0.494 e. The monoisotopic (exact) mass is 726 g/mol. The van der Waals surface area contributed by atoms with E-state index in [-0.39, 0.29) is 36.1 Å². The number of halogens is 9. The fourth-order valence-electron chi connectivity index (χ4n) is 5.48. The molecule has 0 amide bonds. The summed E-state index contributed by atoms with van der Waals surface area (Å²) in [6.45, 7) is 0.576. The van der Waals surface area contributed by atoms with Crippen molar-refractivity contribution < 1.29 is 63.3 Å². The number of ether oxygens (including phenoxy) is 3. The Balaban J connectivity index is 1.86. The van der Waals surface area contributed by atoms with Gasteiger partial charge in [-0.3, -0.25) is 9.59 Å². The number of carbonyl (C=O) groups excluding carboxylic acids is 2. The molecule has 0 heterocycles. The van der Waals surface area contributed by atoms with E-state index in [0.717, 1.165) is 30.3 Å². The predicted octanol–water partition coefficient (Wildman–Crippen LogP) is 9.59. The molecule has 0 spiro atoms. The largest absolute Gasteiger partial charge is 0.494 e. The first-order chi connectivity index (χ1) is 23.9. The SMILES string of the molecule is COC(=O)CCCOc1ccc(C[C@](CC(=O)c2ccc(F)c(C(C)(F)F)c2)(c2ccc(F)cc2)c2cc(F)cc(OC(F)(F)C(F)F)c2)cc1. The minimum absolute atomic E-state index is 0.108. The molecule has 14 heteroatoms.